The van der Waals surface area contributed by atoms with Gasteiger partial charge in [0.05, 0.1) is 0 Å². The second-order valence-corrected chi connectivity index (χ2v) is 4.88. The van der Waals surface area contributed by atoms with Gasteiger partial charge in [0.15, 0.2) is 0 Å². The molecule has 1 rings (SSSR count). The first kappa shape index (κ1) is 12.7. The number of nitrogens with one attached hydrogen (secondary N) is 1. The van der Waals surface area contributed by atoms with Gasteiger partial charge >= 0.3 is 0 Å². The third kappa shape index (κ3) is 4.80. The molecule has 0 aliphatic carbocycles. The predicted octanol–water partition coefficient (Wildman–Crippen LogP) is 3.77. The molecule has 0 aliphatic rings. The van der Waals surface area contributed by atoms with Gasteiger partial charge in [-0.15, -0.1) is 0 Å². The van der Waals surface area contributed by atoms with Gasteiger partial charge in [-0.1, -0.05) is 47.8 Å². The minimum absolute atomic E-state index is 0.610. The van der Waals surface area contributed by atoms with Crippen LogP contribution in [0.15, 0.2) is 28.7 Å². The lowest BCUT2D eigenvalue weighted by atomic mass is 10.0. The highest BCUT2D eigenvalue weighted by Gasteiger charge is 2.06. The molecule has 1 aromatic carbocycles. The lowest BCUT2D eigenvalue weighted by Gasteiger charge is -2.15. The summed E-state index contributed by atoms with van der Waals surface area (Å²) in [5, 5.41) is 3.39. The first-order chi connectivity index (χ1) is 7.26. The maximum atomic E-state index is 3.51. The molecule has 0 aliphatic heterocycles. The summed E-state index contributed by atoms with van der Waals surface area (Å²) in [7, 11) is 2.05. The molecule has 0 bridgehead atoms. The second kappa shape index (κ2) is 7.02. The molecule has 0 radical (unpaired) electrons. The number of rotatable bonds is 6. The Balaban J connectivity index is 2.50. The number of halogens is 1. The Morgan fingerprint density at radius 2 is 2.20 bits per heavy atom. The van der Waals surface area contributed by atoms with Crippen molar-refractivity contribution < 1.29 is 0 Å². The average Bonchev–Trinajstić information content (AvgIpc) is 2.24. The fourth-order valence-electron chi connectivity index (χ4n) is 1.75. The molecule has 1 N–H and O–H groups in total. The third-order valence-corrected chi connectivity index (χ3v) is 3.18. The normalized spacial score (nSPS) is 12.7. The van der Waals surface area contributed by atoms with Crippen molar-refractivity contribution in [2.45, 2.75) is 38.6 Å². The first-order valence-electron chi connectivity index (χ1n) is 5.68. The number of likely N-dealkylation sites (N-methyl/N-ethyl adjacent to an activating group) is 1. The van der Waals surface area contributed by atoms with E-state index in [1.165, 1.54) is 29.3 Å². The van der Waals surface area contributed by atoms with E-state index in [1.54, 1.807) is 0 Å². The van der Waals surface area contributed by atoms with Gasteiger partial charge in [0.25, 0.3) is 0 Å². The molecule has 1 unspecified atom stereocenters. The van der Waals surface area contributed by atoms with E-state index in [0.29, 0.717) is 6.04 Å². The van der Waals surface area contributed by atoms with Crippen molar-refractivity contribution >= 4 is 15.9 Å². The largest absolute Gasteiger partial charge is 0.317 e. The van der Waals surface area contributed by atoms with Crippen molar-refractivity contribution in [3.05, 3.63) is 34.3 Å². The first-order valence-corrected chi connectivity index (χ1v) is 6.47. The standard InChI is InChI=1S/C13H20BrN/c1-3-4-8-13(15-2)10-11-6-5-7-12(14)9-11/h5-7,9,13,15H,3-4,8,10H2,1-2H3. The summed E-state index contributed by atoms with van der Waals surface area (Å²) in [6.07, 6.45) is 4.96. The van der Waals surface area contributed by atoms with Gasteiger partial charge in [0.2, 0.25) is 0 Å². The van der Waals surface area contributed by atoms with Crippen molar-refractivity contribution in [3.8, 4) is 0 Å². The monoisotopic (exact) mass is 269 g/mol. The van der Waals surface area contributed by atoms with E-state index in [4.69, 9.17) is 0 Å². The van der Waals surface area contributed by atoms with Gasteiger partial charge < -0.3 is 5.32 Å². The van der Waals surface area contributed by atoms with Gasteiger partial charge in [0.1, 0.15) is 0 Å². The van der Waals surface area contributed by atoms with Crippen LogP contribution in [-0.2, 0) is 6.42 Å². The summed E-state index contributed by atoms with van der Waals surface area (Å²) in [5.41, 5.74) is 1.40. The summed E-state index contributed by atoms with van der Waals surface area (Å²) in [6.45, 7) is 2.24. The molecule has 1 aromatic rings. The molecular weight excluding hydrogens is 250 g/mol. The van der Waals surface area contributed by atoms with Gasteiger partial charge in [-0.2, -0.15) is 0 Å². The number of benzene rings is 1. The van der Waals surface area contributed by atoms with E-state index < -0.39 is 0 Å². The fourth-order valence-corrected chi connectivity index (χ4v) is 2.19. The van der Waals surface area contributed by atoms with E-state index in [-0.39, 0.29) is 0 Å². The molecule has 0 amide bonds. The van der Waals surface area contributed by atoms with E-state index in [0.717, 1.165) is 6.42 Å². The van der Waals surface area contributed by atoms with Crippen LogP contribution in [0.2, 0.25) is 0 Å². The van der Waals surface area contributed by atoms with Crippen LogP contribution in [-0.4, -0.2) is 13.1 Å². The molecule has 0 spiro atoms. The van der Waals surface area contributed by atoms with E-state index in [2.05, 4.69) is 59.5 Å². The van der Waals surface area contributed by atoms with Crippen LogP contribution >= 0.6 is 15.9 Å². The second-order valence-electron chi connectivity index (χ2n) is 3.96. The van der Waals surface area contributed by atoms with Crippen molar-refractivity contribution in [1.82, 2.24) is 5.32 Å². The lowest BCUT2D eigenvalue weighted by Crippen LogP contribution is -2.27. The fraction of sp³-hybridized carbons (Fsp3) is 0.538. The zero-order valence-corrected chi connectivity index (χ0v) is 11.2. The van der Waals surface area contributed by atoms with Crippen LogP contribution in [0.25, 0.3) is 0 Å². The number of unbranched alkanes of at least 4 members (excludes halogenated alkanes) is 1. The molecule has 2 heteroatoms. The van der Waals surface area contributed by atoms with Crippen molar-refractivity contribution in [1.29, 1.82) is 0 Å². The zero-order chi connectivity index (χ0) is 11.1. The summed E-state index contributed by atoms with van der Waals surface area (Å²) in [5.74, 6) is 0. The molecule has 15 heavy (non-hydrogen) atoms. The Kier molecular flexibility index (Phi) is 5.96. The predicted molar refractivity (Wildman–Crippen MR) is 70.2 cm³/mol. The Morgan fingerprint density at radius 1 is 1.40 bits per heavy atom. The molecule has 0 aromatic heterocycles. The maximum absolute atomic E-state index is 3.51. The molecule has 84 valence electrons. The third-order valence-electron chi connectivity index (χ3n) is 2.69. The maximum Gasteiger partial charge on any atom is 0.0178 e. The highest BCUT2D eigenvalue weighted by atomic mass is 79.9. The van der Waals surface area contributed by atoms with Crippen LogP contribution in [0, 0.1) is 0 Å². The van der Waals surface area contributed by atoms with Crippen molar-refractivity contribution in [2.24, 2.45) is 0 Å². The summed E-state index contributed by atoms with van der Waals surface area (Å²) >= 11 is 3.51. The molecular formula is C13H20BrN. The smallest absolute Gasteiger partial charge is 0.0178 e. The molecule has 0 heterocycles. The van der Waals surface area contributed by atoms with Crippen LogP contribution < -0.4 is 5.32 Å². The number of hydrogen-bond acceptors (Lipinski definition) is 1. The zero-order valence-electron chi connectivity index (χ0n) is 9.59. The Hall–Kier alpha value is -0.340. The molecule has 1 atom stereocenters. The average molecular weight is 270 g/mol. The Labute approximate surface area is 101 Å². The van der Waals surface area contributed by atoms with E-state index in [1.807, 2.05) is 0 Å². The van der Waals surface area contributed by atoms with Gasteiger partial charge in [0, 0.05) is 10.5 Å². The van der Waals surface area contributed by atoms with Crippen LogP contribution in [0.4, 0.5) is 0 Å². The van der Waals surface area contributed by atoms with Crippen LogP contribution in [0.3, 0.4) is 0 Å². The quantitative estimate of drug-likeness (QED) is 0.829. The van der Waals surface area contributed by atoms with Crippen molar-refractivity contribution in [2.75, 3.05) is 7.05 Å². The summed E-state index contributed by atoms with van der Waals surface area (Å²) < 4.78 is 1.17. The topological polar surface area (TPSA) is 12.0 Å². The van der Waals surface area contributed by atoms with Gasteiger partial charge in [-0.3, -0.25) is 0 Å². The number of hydrogen-bond donors (Lipinski definition) is 1. The highest BCUT2D eigenvalue weighted by molar-refractivity contribution is 9.10. The molecule has 1 nitrogen and oxygen atoms in total. The summed E-state index contributed by atoms with van der Waals surface area (Å²) in [4.78, 5) is 0. The van der Waals surface area contributed by atoms with Crippen LogP contribution in [0.1, 0.15) is 31.7 Å². The van der Waals surface area contributed by atoms with E-state index in [9.17, 15) is 0 Å². The minimum atomic E-state index is 0.610. The van der Waals surface area contributed by atoms with Crippen LogP contribution in [0.5, 0.6) is 0 Å². The lowest BCUT2D eigenvalue weighted by molar-refractivity contribution is 0.498. The summed E-state index contributed by atoms with van der Waals surface area (Å²) in [6, 6.07) is 9.19. The molecule has 0 saturated heterocycles. The van der Waals surface area contributed by atoms with Gasteiger partial charge in [-0.05, 0) is 37.6 Å². The molecule has 0 saturated carbocycles. The Bertz CT molecular complexity index is 286. The van der Waals surface area contributed by atoms with Gasteiger partial charge in [-0.25, -0.2) is 0 Å². The van der Waals surface area contributed by atoms with E-state index >= 15 is 0 Å². The minimum Gasteiger partial charge on any atom is -0.317 e. The highest BCUT2D eigenvalue weighted by Crippen LogP contribution is 2.14. The van der Waals surface area contributed by atoms with Crippen molar-refractivity contribution in [3.63, 3.8) is 0 Å². The SMILES string of the molecule is CCCCC(Cc1cccc(Br)c1)NC. The molecule has 0 fully saturated rings. The Morgan fingerprint density at radius 3 is 2.80 bits per heavy atom.